The van der Waals surface area contributed by atoms with Gasteiger partial charge in [-0.3, -0.25) is 10.5 Å². The fourth-order valence-corrected chi connectivity index (χ4v) is 0. The van der Waals surface area contributed by atoms with Crippen LogP contribution in [-0.4, -0.2) is 48.2 Å². The average molecular weight is 47.9 g/mol. The molecule has 0 aromatic rings. The zero-order valence-electron chi connectivity index (χ0n) is 2.89. The summed E-state index contributed by atoms with van der Waals surface area (Å²) in [5.74, 6) is 0. The Morgan fingerprint density at radius 1 is 0.750 bits per heavy atom. The molecule has 0 heterocycles. The maximum Gasteiger partial charge on any atom is 0 e. The second-order valence-electron chi connectivity index (χ2n) is 0. The molecule has 0 aliphatic rings. The van der Waals surface area contributed by atoms with E-state index in [2.05, 4.69) is 0 Å². The molecule has 0 rings (SSSR count). The van der Waals surface area contributed by atoms with Crippen molar-refractivity contribution in [1.29, 1.82) is 0 Å². The number of hydrogen-bond donors (Lipinski definition) is 2. The van der Waals surface area contributed by atoms with Crippen molar-refractivity contribution < 1.29 is 10.5 Å². The van der Waals surface area contributed by atoms with Crippen molar-refractivity contribution in [3.63, 3.8) is 0 Å². The summed E-state index contributed by atoms with van der Waals surface area (Å²) in [6.45, 7) is 0. The van der Waals surface area contributed by atoms with Gasteiger partial charge in [0.15, 0.2) is 0 Å². The fourth-order valence-electron chi connectivity index (χ4n) is 0. The van der Waals surface area contributed by atoms with E-state index >= 15 is 0 Å². The Hall–Kier alpha value is 1.11. The van der Waals surface area contributed by atoms with Gasteiger partial charge < -0.3 is 0 Å². The van der Waals surface area contributed by atoms with Crippen LogP contribution in [0.25, 0.3) is 0 Å². The fraction of sp³-hybridized carbons (Fsp3) is 0. The second-order valence-corrected chi connectivity index (χ2v) is 0. The SMILES string of the molecule is OO.[Li].[Li]. The Balaban J connectivity index is -0.00000000500. The van der Waals surface area contributed by atoms with Crippen LogP contribution in [0.15, 0.2) is 0 Å². The first-order valence-electron chi connectivity index (χ1n) is 0.200. The van der Waals surface area contributed by atoms with Gasteiger partial charge in [-0.2, -0.15) is 0 Å². The van der Waals surface area contributed by atoms with Crippen molar-refractivity contribution in [2.75, 3.05) is 0 Å². The topological polar surface area (TPSA) is 40.5 Å². The zero-order chi connectivity index (χ0) is 2.00. The van der Waals surface area contributed by atoms with Gasteiger partial charge in [0.25, 0.3) is 0 Å². The van der Waals surface area contributed by atoms with E-state index in [1.165, 1.54) is 0 Å². The molecule has 0 aliphatic heterocycles. The summed E-state index contributed by atoms with van der Waals surface area (Å²) < 4.78 is 0. The van der Waals surface area contributed by atoms with E-state index in [1.54, 1.807) is 0 Å². The third-order valence-corrected chi connectivity index (χ3v) is 0. The molecule has 0 atom stereocenters. The molecule has 0 spiro atoms. The van der Waals surface area contributed by atoms with Gasteiger partial charge in [-0.05, 0) is 0 Å². The first-order chi connectivity index (χ1) is 1.00. The molecule has 2 nitrogen and oxygen atoms in total. The minimum atomic E-state index is 0. The number of rotatable bonds is 0. The van der Waals surface area contributed by atoms with Crippen LogP contribution in [0.5, 0.6) is 0 Å². The van der Waals surface area contributed by atoms with Crippen LogP contribution in [0.3, 0.4) is 0 Å². The van der Waals surface area contributed by atoms with E-state index in [-0.39, 0.29) is 37.7 Å². The maximum absolute atomic E-state index is 6.00. The number of hydrogen-bond acceptors (Lipinski definition) is 2. The van der Waals surface area contributed by atoms with E-state index in [4.69, 9.17) is 10.5 Å². The van der Waals surface area contributed by atoms with Crippen LogP contribution >= 0.6 is 0 Å². The van der Waals surface area contributed by atoms with Crippen molar-refractivity contribution in [2.45, 2.75) is 0 Å². The predicted octanol–water partition coefficient (Wildman–Crippen LogP) is -0.744. The van der Waals surface area contributed by atoms with E-state index in [0.29, 0.717) is 0 Å². The summed E-state index contributed by atoms with van der Waals surface area (Å²) in [6, 6.07) is 0. The third kappa shape index (κ3) is 11.2. The largest absolute Gasteiger partial charge is 0.255 e. The quantitative estimate of drug-likeness (QED) is 0.215. The minimum absolute atomic E-state index is 0. The average Bonchev–Trinajstić information content (AvgIpc) is 1.00. The van der Waals surface area contributed by atoms with E-state index in [0.717, 1.165) is 0 Å². The van der Waals surface area contributed by atoms with Crippen molar-refractivity contribution in [2.24, 2.45) is 0 Å². The van der Waals surface area contributed by atoms with Gasteiger partial charge >= 0.3 is 0 Å². The molecule has 0 saturated heterocycles. The molecule has 0 amide bonds. The molecule has 0 aliphatic carbocycles. The van der Waals surface area contributed by atoms with Gasteiger partial charge in [0.1, 0.15) is 0 Å². The normalized spacial score (nSPS) is 1.50. The van der Waals surface area contributed by atoms with E-state index in [1.807, 2.05) is 0 Å². The van der Waals surface area contributed by atoms with Gasteiger partial charge in [-0.1, -0.05) is 0 Å². The van der Waals surface area contributed by atoms with Gasteiger partial charge in [0.2, 0.25) is 0 Å². The Morgan fingerprint density at radius 3 is 0.750 bits per heavy atom. The van der Waals surface area contributed by atoms with Crippen LogP contribution in [0.2, 0.25) is 0 Å². The Labute approximate surface area is 48.5 Å². The Morgan fingerprint density at radius 2 is 0.750 bits per heavy atom. The summed E-state index contributed by atoms with van der Waals surface area (Å²) in [4.78, 5) is 0. The molecule has 0 saturated carbocycles. The summed E-state index contributed by atoms with van der Waals surface area (Å²) in [5.41, 5.74) is 0. The molecule has 4 heavy (non-hydrogen) atoms. The van der Waals surface area contributed by atoms with Crippen molar-refractivity contribution in [1.82, 2.24) is 0 Å². The molecule has 0 fully saturated rings. The molecule has 0 aromatic heterocycles. The second kappa shape index (κ2) is 32.1. The van der Waals surface area contributed by atoms with Crippen molar-refractivity contribution in [3.8, 4) is 0 Å². The smallest absolute Gasteiger partial charge is 0 e. The van der Waals surface area contributed by atoms with Crippen LogP contribution in [0, 0.1) is 0 Å². The molecular weight excluding hydrogens is 45.9 g/mol. The minimum Gasteiger partial charge on any atom is -0.255 e. The van der Waals surface area contributed by atoms with Crippen LogP contribution < -0.4 is 0 Å². The molecule has 16 valence electrons. The van der Waals surface area contributed by atoms with Gasteiger partial charge in [-0.15, -0.1) is 0 Å². The monoisotopic (exact) mass is 48.0 g/mol. The zero-order valence-corrected chi connectivity index (χ0v) is 2.89. The van der Waals surface area contributed by atoms with E-state index in [9.17, 15) is 0 Å². The van der Waals surface area contributed by atoms with Gasteiger partial charge in [0.05, 0.1) is 0 Å². The summed E-state index contributed by atoms with van der Waals surface area (Å²) in [7, 11) is 0. The molecule has 4 heteroatoms. The van der Waals surface area contributed by atoms with Gasteiger partial charge in [0, 0.05) is 37.7 Å². The molecular formula is H2Li2O2. The Kier molecular flexibility index (Phi) is 156. The van der Waals surface area contributed by atoms with Crippen LogP contribution in [-0.2, 0) is 0 Å². The molecule has 0 unspecified atom stereocenters. The van der Waals surface area contributed by atoms with E-state index < -0.39 is 0 Å². The molecule has 0 aromatic carbocycles. The summed E-state index contributed by atoms with van der Waals surface area (Å²) >= 11 is 0. The Bertz CT molecular complexity index is 4.00. The summed E-state index contributed by atoms with van der Waals surface area (Å²) in [5, 5.41) is 12.0. The predicted molar refractivity (Wildman–Crippen MR) is 16.8 cm³/mol. The third-order valence-electron chi connectivity index (χ3n) is 0. The standard InChI is InChI=1S/2Li.H2O2/c;;1-2/h;;1-2H. The first kappa shape index (κ1) is 19.4. The van der Waals surface area contributed by atoms with Crippen molar-refractivity contribution in [3.05, 3.63) is 0 Å². The summed E-state index contributed by atoms with van der Waals surface area (Å²) in [6.07, 6.45) is 0. The maximum atomic E-state index is 6.00. The molecule has 2 N–H and O–H groups in total. The van der Waals surface area contributed by atoms with Crippen molar-refractivity contribution >= 4 is 37.7 Å². The molecule has 0 bridgehead atoms. The molecule has 2 radical (unpaired) electrons. The van der Waals surface area contributed by atoms with Crippen LogP contribution in [0.4, 0.5) is 0 Å². The van der Waals surface area contributed by atoms with Gasteiger partial charge in [-0.25, -0.2) is 0 Å². The van der Waals surface area contributed by atoms with Crippen LogP contribution in [0.1, 0.15) is 0 Å². The first-order valence-corrected chi connectivity index (χ1v) is 0.200.